The number of allylic oxidation sites excluding steroid dienone is 2. The molecule has 0 bridgehead atoms. The van der Waals surface area contributed by atoms with Gasteiger partial charge in [-0.3, -0.25) is 0 Å². The molecule has 3 nitrogen and oxygen atoms in total. The Kier molecular flexibility index (Phi) is 4.30. The van der Waals surface area contributed by atoms with Crippen LogP contribution < -0.4 is 0 Å². The van der Waals surface area contributed by atoms with E-state index in [1.165, 1.54) is 0 Å². The summed E-state index contributed by atoms with van der Waals surface area (Å²) in [5, 5.41) is 20.4. The third-order valence-electron chi connectivity index (χ3n) is 4.97. The molecular weight excluding hydrogens is 276 g/mol. The molecule has 1 atom stereocenters. The third kappa shape index (κ3) is 2.73. The highest BCUT2D eigenvalue weighted by Gasteiger charge is 2.46. The number of hydrogen-bond donors (Lipinski definition) is 2. The number of carboxylic acid groups (broad SMARTS) is 1. The molecule has 22 heavy (non-hydrogen) atoms. The summed E-state index contributed by atoms with van der Waals surface area (Å²) in [6.07, 6.45) is 5.31. The van der Waals surface area contributed by atoms with Gasteiger partial charge in [-0.15, -0.1) is 0 Å². The maximum absolute atomic E-state index is 11.4. The Morgan fingerprint density at radius 3 is 2.50 bits per heavy atom. The molecule has 1 aliphatic carbocycles. The van der Waals surface area contributed by atoms with Gasteiger partial charge in [-0.25, -0.2) is 4.79 Å². The van der Waals surface area contributed by atoms with Gasteiger partial charge in [-0.05, 0) is 49.5 Å². The Labute approximate surface area is 132 Å². The van der Waals surface area contributed by atoms with Gasteiger partial charge in [0.2, 0.25) is 0 Å². The summed E-state index contributed by atoms with van der Waals surface area (Å²) in [4.78, 5) is 11.0. The number of carboxylic acids is 1. The van der Waals surface area contributed by atoms with Crippen molar-refractivity contribution in [2.24, 2.45) is 5.41 Å². The van der Waals surface area contributed by atoms with Gasteiger partial charge in [0.15, 0.2) is 0 Å². The van der Waals surface area contributed by atoms with Crippen LogP contribution in [0.15, 0.2) is 47.6 Å². The van der Waals surface area contributed by atoms with Gasteiger partial charge in [-0.1, -0.05) is 44.2 Å². The van der Waals surface area contributed by atoms with Crippen molar-refractivity contribution < 1.29 is 15.0 Å². The first-order chi connectivity index (χ1) is 10.2. The second kappa shape index (κ2) is 5.73. The monoisotopic (exact) mass is 300 g/mol. The van der Waals surface area contributed by atoms with Crippen LogP contribution >= 0.6 is 0 Å². The number of hydrogen-bond acceptors (Lipinski definition) is 2. The molecule has 0 saturated heterocycles. The van der Waals surface area contributed by atoms with E-state index in [9.17, 15) is 9.90 Å². The molecule has 0 radical (unpaired) electrons. The summed E-state index contributed by atoms with van der Waals surface area (Å²) in [6.45, 7) is 7.43. The number of aryl methyl sites for hydroxylation is 1. The molecule has 0 aliphatic heterocycles. The van der Waals surface area contributed by atoms with E-state index in [4.69, 9.17) is 5.11 Å². The van der Waals surface area contributed by atoms with E-state index in [1.807, 2.05) is 18.2 Å². The third-order valence-corrected chi connectivity index (χ3v) is 4.97. The molecule has 1 aromatic rings. The molecule has 2 rings (SSSR count). The Hall–Kier alpha value is -1.87. The Balaban J connectivity index is 2.51. The first-order valence-electron chi connectivity index (χ1n) is 7.60. The van der Waals surface area contributed by atoms with Crippen molar-refractivity contribution in [1.82, 2.24) is 0 Å². The van der Waals surface area contributed by atoms with Crippen molar-refractivity contribution >= 4 is 5.97 Å². The molecule has 0 heterocycles. The van der Waals surface area contributed by atoms with E-state index >= 15 is 0 Å². The lowest BCUT2D eigenvalue weighted by atomic mass is 9.62. The second-order valence-electron chi connectivity index (χ2n) is 6.75. The van der Waals surface area contributed by atoms with Gasteiger partial charge in [0.1, 0.15) is 5.60 Å². The standard InChI is InChI=1S/C19H24O3/c1-13(14(2)17(20)21)9-12-19(22)16-8-6-5-7-15(16)10-11-18(19,3)4/h5-9,12,22H,10-11H2,1-4H3,(H,20,21)/t19-/m1/s1. The predicted octanol–water partition coefficient (Wildman–Crippen LogP) is 3.82. The van der Waals surface area contributed by atoms with Crippen LogP contribution in [0.3, 0.4) is 0 Å². The largest absolute Gasteiger partial charge is 0.478 e. The zero-order chi connectivity index (χ0) is 16.5. The topological polar surface area (TPSA) is 57.5 Å². The molecule has 3 heteroatoms. The lowest BCUT2D eigenvalue weighted by Crippen LogP contribution is -2.44. The van der Waals surface area contributed by atoms with Crippen LogP contribution in [0.4, 0.5) is 0 Å². The normalized spacial score (nSPS) is 24.8. The van der Waals surface area contributed by atoms with Crippen LogP contribution in [-0.4, -0.2) is 16.2 Å². The summed E-state index contributed by atoms with van der Waals surface area (Å²) >= 11 is 0. The SMILES string of the molecule is CC(C=C[C@@]1(O)c2ccccc2CCC1(C)C)=C(C)C(=O)O. The average molecular weight is 300 g/mol. The van der Waals surface area contributed by atoms with Crippen LogP contribution in [0.25, 0.3) is 0 Å². The van der Waals surface area contributed by atoms with Crippen LogP contribution in [0, 0.1) is 5.41 Å². The van der Waals surface area contributed by atoms with E-state index in [0.29, 0.717) is 11.1 Å². The molecule has 1 aliphatic rings. The predicted molar refractivity (Wildman–Crippen MR) is 87.6 cm³/mol. The fraction of sp³-hybridized carbons (Fsp3) is 0.421. The lowest BCUT2D eigenvalue weighted by Gasteiger charge is -2.46. The van der Waals surface area contributed by atoms with Crippen LogP contribution in [0.2, 0.25) is 0 Å². The van der Waals surface area contributed by atoms with Crippen molar-refractivity contribution in [2.45, 2.75) is 46.1 Å². The average Bonchev–Trinajstić information content (AvgIpc) is 2.48. The molecule has 0 fully saturated rings. The van der Waals surface area contributed by atoms with Gasteiger partial charge < -0.3 is 10.2 Å². The minimum absolute atomic E-state index is 0.293. The van der Waals surface area contributed by atoms with E-state index in [-0.39, 0.29) is 5.41 Å². The zero-order valence-corrected chi connectivity index (χ0v) is 13.7. The van der Waals surface area contributed by atoms with Crippen molar-refractivity contribution in [3.05, 3.63) is 58.7 Å². The maximum Gasteiger partial charge on any atom is 0.331 e. The van der Waals surface area contributed by atoms with Crippen molar-refractivity contribution in [1.29, 1.82) is 0 Å². The minimum Gasteiger partial charge on any atom is -0.478 e. The molecule has 0 saturated carbocycles. The Bertz CT molecular complexity index is 652. The van der Waals surface area contributed by atoms with Gasteiger partial charge in [0.05, 0.1) is 0 Å². The summed E-state index contributed by atoms with van der Waals surface area (Å²) in [7, 11) is 0. The quantitative estimate of drug-likeness (QED) is 0.659. The first-order valence-corrected chi connectivity index (χ1v) is 7.60. The van der Waals surface area contributed by atoms with Gasteiger partial charge in [-0.2, -0.15) is 0 Å². The number of fused-ring (bicyclic) bond motifs is 1. The molecule has 118 valence electrons. The Morgan fingerprint density at radius 1 is 1.23 bits per heavy atom. The smallest absolute Gasteiger partial charge is 0.331 e. The van der Waals surface area contributed by atoms with Crippen LogP contribution in [0.5, 0.6) is 0 Å². The molecule has 2 N–H and O–H groups in total. The molecule has 1 aromatic carbocycles. The van der Waals surface area contributed by atoms with Crippen LogP contribution in [0.1, 0.15) is 45.2 Å². The first kappa shape index (κ1) is 16.5. The number of aliphatic hydroxyl groups is 1. The van der Waals surface area contributed by atoms with Crippen molar-refractivity contribution in [2.75, 3.05) is 0 Å². The molecule has 0 aromatic heterocycles. The van der Waals surface area contributed by atoms with Gasteiger partial charge in [0, 0.05) is 11.0 Å². The molecule has 0 unspecified atom stereocenters. The fourth-order valence-electron chi connectivity index (χ4n) is 2.97. The molecular formula is C19H24O3. The highest BCUT2D eigenvalue weighted by atomic mass is 16.4. The summed E-state index contributed by atoms with van der Waals surface area (Å²) in [5.41, 5.74) is 1.62. The fourth-order valence-corrected chi connectivity index (χ4v) is 2.97. The van der Waals surface area contributed by atoms with E-state index < -0.39 is 11.6 Å². The summed E-state index contributed by atoms with van der Waals surface area (Å²) < 4.78 is 0. The van der Waals surface area contributed by atoms with E-state index in [0.717, 1.165) is 24.0 Å². The van der Waals surface area contributed by atoms with Gasteiger partial charge in [0.25, 0.3) is 0 Å². The van der Waals surface area contributed by atoms with Crippen molar-refractivity contribution in [3.63, 3.8) is 0 Å². The highest BCUT2D eigenvalue weighted by Crippen LogP contribution is 2.49. The lowest BCUT2D eigenvalue weighted by molar-refractivity contribution is -0.132. The maximum atomic E-state index is 11.4. The number of aliphatic carboxylic acids is 1. The number of benzene rings is 1. The highest BCUT2D eigenvalue weighted by molar-refractivity contribution is 5.87. The Morgan fingerprint density at radius 2 is 1.86 bits per heavy atom. The van der Waals surface area contributed by atoms with E-state index in [1.54, 1.807) is 26.0 Å². The number of carbonyl (C=O) groups is 1. The second-order valence-corrected chi connectivity index (χ2v) is 6.75. The number of rotatable bonds is 3. The zero-order valence-electron chi connectivity index (χ0n) is 13.7. The van der Waals surface area contributed by atoms with Gasteiger partial charge >= 0.3 is 5.97 Å². The van der Waals surface area contributed by atoms with E-state index in [2.05, 4.69) is 19.9 Å². The summed E-state index contributed by atoms with van der Waals surface area (Å²) in [5.74, 6) is -0.933. The minimum atomic E-state index is -1.10. The molecule has 0 spiro atoms. The van der Waals surface area contributed by atoms with Crippen molar-refractivity contribution in [3.8, 4) is 0 Å². The molecule has 0 amide bonds. The summed E-state index contributed by atoms with van der Waals surface area (Å²) in [6, 6.07) is 7.93. The van der Waals surface area contributed by atoms with Crippen LogP contribution in [-0.2, 0) is 16.8 Å².